The van der Waals surface area contributed by atoms with Gasteiger partial charge in [0.1, 0.15) is 18.6 Å². The molecule has 2 aliphatic carbocycles. The van der Waals surface area contributed by atoms with Crippen LogP contribution in [-0.4, -0.2) is 55.7 Å². The van der Waals surface area contributed by atoms with E-state index in [-0.39, 0.29) is 29.8 Å². The molecule has 11 heteroatoms. The van der Waals surface area contributed by atoms with E-state index in [1.54, 1.807) is 6.07 Å². The summed E-state index contributed by atoms with van der Waals surface area (Å²) in [6.07, 6.45) is 11.1. The first-order valence-corrected chi connectivity index (χ1v) is 13.2. The molecule has 2 aliphatic rings. The Hall–Kier alpha value is -4.12. The van der Waals surface area contributed by atoms with Crippen molar-refractivity contribution in [3.8, 4) is 0 Å². The fourth-order valence-electron chi connectivity index (χ4n) is 5.20. The summed E-state index contributed by atoms with van der Waals surface area (Å²) in [6.45, 7) is 6.44. The minimum absolute atomic E-state index is 0.0229. The molecule has 206 valence electrons. The summed E-state index contributed by atoms with van der Waals surface area (Å²) < 4.78 is 6.33. The van der Waals surface area contributed by atoms with Crippen LogP contribution in [0.5, 0.6) is 0 Å². The third-order valence-electron chi connectivity index (χ3n) is 7.31. The van der Waals surface area contributed by atoms with Crippen molar-refractivity contribution in [3.63, 3.8) is 0 Å². The topological polar surface area (TPSA) is 162 Å². The number of hydrogen-bond acceptors (Lipinski definition) is 8. The number of carboxylic acids is 1. The predicted molar refractivity (Wildman–Crippen MR) is 144 cm³/mol. The van der Waals surface area contributed by atoms with Gasteiger partial charge in [0.25, 0.3) is 11.7 Å². The maximum Gasteiger partial charge on any atom is 0.354 e. The molecule has 11 nitrogen and oxygen atoms in total. The van der Waals surface area contributed by atoms with Crippen LogP contribution >= 0.6 is 0 Å². The van der Waals surface area contributed by atoms with Gasteiger partial charge in [0.2, 0.25) is 0 Å². The van der Waals surface area contributed by atoms with Crippen LogP contribution < -0.4 is 11.1 Å². The Labute approximate surface area is 226 Å². The maximum absolute atomic E-state index is 13.0. The van der Waals surface area contributed by atoms with Gasteiger partial charge in [-0.1, -0.05) is 38.0 Å². The molecule has 1 amide bonds. The number of nitrogens with one attached hydrogen (secondary N) is 1. The second kappa shape index (κ2) is 12.6. The van der Waals surface area contributed by atoms with Crippen molar-refractivity contribution in [1.29, 1.82) is 0 Å². The van der Waals surface area contributed by atoms with Crippen LogP contribution in [0.25, 0.3) is 5.78 Å². The summed E-state index contributed by atoms with van der Waals surface area (Å²) in [5, 5.41) is 16.2. The zero-order valence-corrected chi connectivity index (χ0v) is 22.1. The van der Waals surface area contributed by atoms with Crippen LogP contribution in [0.2, 0.25) is 0 Å². The number of esters is 1. The lowest BCUT2D eigenvalue weighted by Gasteiger charge is -2.18. The van der Waals surface area contributed by atoms with Crippen molar-refractivity contribution in [2.24, 2.45) is 11.7 Å². The van der Waals surface area contributed by atoms with E-state index in [0.717, 1.165) is 29.2 Å². The van der Waals surface area contributed by atoms with Gasteiger partial charge in [0, 0.05) is 6.07 Å². The molecule has 0 bridgehead atoms. The molecule has 1 aromatic carbocycles. The number of carbonyl (C=O) groups excluding carboxylic acids is 2. The van der Waals surface area contributed by atoms with E-state index in [1.807, 2.05) is 13.0 Å². The summed E-state index contributed by atoms with van der Waals surface area (Å²) in [6, 6.07) is 4.37. The molecule has 0 saturated heterocycles. The maximum atomic E-state index is 13.0. The summed E-state index contributed by atoms with van der Waals surface area (Å²) in [5.41, 5.74) is 8.43. The van der Waals surface area contributed by atoms with Crippen LogP contribution in [0.15, 0.2) is 37.2 Å². The van der Waals surface area contributed by atoms with Crippen molar-refractivity contribution < 1.29 is 24.2 Å². The number of benzene rings is 1. The lowest BCUT2D eigenvalue weighted by atomic mass is 9.90. The Morgan fingerprint density at radius 3 is 2.67 bits per heavy atom. The molecule has 0 aliphatic heterocycles. The number of nitrogens with two attached hydrogens (primary N) is 1. The van der Waals surface area contributed by atoms with Gasteiger partial charge in [0.15, 0.2) is 5.69 Å². The smallest absolute Gasteiger partial charge is 0.354 e. The predicted octanol–water partition coefficient (Wildman–Crippen LogP) is 3.42. The highest BCUT2D eigenvalue weighted by molar-refractivity contribution is 5.96. The normalized spacial score (nSPS) is 16.6. The first-order chi connectivity index (χ1) is 18.8. The number of nitrogens with zero attached hydrogens (tertiary/aromatic N) is 4. The molecule has 2 heterocycles. The standard InChI is InChI=1S/C21H19N5O5.C7H15N/c1-3-8-31-20(30)13-4-5-14-12(11(13)2)6-7-15(14)24-18(27)17-9-16(19(28)29)25-21-22-10-23-26(17)21;8-6-7-4-2-1-3-5-7/h3-5,9-10,15H,1,6-8H2,2H3,(H,24,27)(H,28,29);7H,1-6,8H2/t15-;/m0./s1. The van der Waals surface area contributed by atoms with Crippen molar-refractivity contribution in [2.45, 2.75) is 57.9 Å². The lowest BCUT2D eigenvalue weighted by Crippen LogP contribution is -2.29. The molecule has 0 radical (unpaired) electrons. The summed E-state index contributed by atoms with van der Waals surface area (Å²) in [7, 11) is 0. The van der Waals surface area contributed by atoms with Gasteiger partial charge >= 0.3 is 11.9 Å². The molecule has 0 spiro atoms. The molecule has 1 fully saturated rings. The van der Waals surface area contributed by atoms with Crippen LogP contribution in [0, 0.1) is 12.8 Å². The number of aromatic carboxylic acids is 1. The molecule has 39 heavy (non-hydrogen) atoms. The highest BCUT2D eigenvalue weighted by atomic mass is 16.5. The minimum atomic E-state index is -1.27. The van der Waals surface area contributed by atoms with Gasteiger partial charge in [0.05, 0.1) is 11.6 Å². The fraction of sp³-hybridized carbons (Fsp3) is 0.429. The number of rotatable bonds is 7. The van der Waals surface area contributed by atoms with Crippen LogP contribution in [-0.2, 0) is 11.2 Å². The summed E-state index contributed by atoms with van der Waals surface area (Å²) in [4.78, 5) is 44.3. The average molecular weight is 535 g/mol. The van der Waals surface area contributed by atoms with Gasteiger partial charge in [-0.2, -0.15) is 14.6 Å². The quantitative estimate of drug-likeness (QED) is 0.304. The molecule has 1 atom stereocenters. The Bertz CT molecular complexity index is 1380. The molecule has 5 rings (SSSR count). The first kappa shape index (κ1) is 27.9. The van der Waals surface area contributed by atoms with Crippen LogP contribution in [0.3, 0.4) is 0 Å². The van der Waals surface area contributed by atoms with Crippen molar-refractivity contribution in [3.05, 3.63) is 70.8 Å². The van der Waals surface area contributed by atoms with Crippen LogP contribution in [0.4, 0.5) is 0 Å². The SMILES string of the molecule is C=CCOC(=O)c1ccc2c(c1C)CC[C@@H]2NC(=O)c1cc(C(=O)O)nc2ncnn12.NCC1CCCCC1. The molecule has 1 saturated carbocycles. The summed E-state index contributed by atoms with van der Waals surface area (Å²) >= 11 is 0. The van der Waals surface area contributed by atoms with Crippen LogP contribution in [0.1, 0.15) is 92.6 Å². The van der Waals surface area contributed by atoms with Gasteiger partial charge in [-0.25, -0.2) is 14.6 Å². The van der Waals surface area contributed by atoms with Gasteiger partial charge in [-0.15, -0.1) is 0 Å². The second-order valence-corrected chi connectivity index (χ2v) is 9.80. The third-order valence-corrected chi connectivity index (χ3v) is 7.31. The fourth-order valence-corrected chi connectivity index (χ4v) is 5.20. The van der Waals surface area contributed by atoms with E-state index < -0.39 is 17.8 Å². The van der Waals surface area contributed by atoms with E-state index in [2.05, 4.69) is 27.0 Å². The highest BCUT2D eigenvalue weighted by Gasteiger charge is 2.29. The molecular weight excluding hydrogens is 500 g/mol. The van der Waals surface area contributed by atoms with Crippen molar-refractivity contribution in [2.75, 3.05) is 13.2 Å². The minimum Gasteiger partial charge on any atom is -0.477 e. The number of aromatic nitrogens is 4. The lowest BCUT2D eigenvalue weighted by molar-refractivity contribution is 0.0548. The highest BCUT2D eigenvalue weighted by Crippen LogP contribution is 2.35. The van der Waals surface area contributed by atoms with E-state index in [1.165, 1.54) is 55.1 Å². The number of ether oxygens (including phenoxy) is 1. The van der Waals surface area contributed by atoms with Gasteiger partial charge in [-0.3, -0.25) is 4.79 Å². The number of fused-ring (bicyclic) bond motifs is 2. The number of amides is 1. The second-order valence-electron chi connectivity index (χ2n) is 9.80. The molecule has 0 unspecified atom stereocenters. The number of carbonyl (C=O) groups is 3. The molecule has 2 aromatic heterocycles. The van der Waals surface area contributed by atoms with Crippen molar-refractivity contribution in [1.82, 2.24) is 24.9 Å². The molecule has 4 N–H and O–H groups in total. The van der Waals surface area contributed by atoms with Gasteiger partial charge in [-0.05, 0) is 67.8 Å². The Balaban J connectivity index is 0.000000379. The van der Waals surface area contributed by atoms with E-state index in [0.29, 0.717) is 18.4 Å². The largest absolute Gasteiger partial charge is 0.477 e. The van der Waals surface area contributed by atoms with Gasteiger partial charge < -0.3 is 20.9 Å². The number of hydrogen-bond donors (Lipinski definition) is 3. The Morgan fingerprint density at radius 1 is 1.23 bits per heavy atom. The monoisotopic (exact) mass is 534 g/mol. The average Bonchev–Trinajstić information content (AvgIpc) is 3.59. The zero-order chi connectivity index (χ0) is 27.9. The van der Waals surface area contributed by atoms with E-state index in [9.17, 15) is 19.5 Å². The Kier molecular flexibility index (Phi) is 9.03. The Morgan fingerprint density at radius 2 is 2.00 bits per heavy atom. The third kappa shape index (κ3) is 6.31. The summed E-state index contributed by atoms with van der Waals surface area (Å²) in [5.74, 6) is -1.29. The first-order valence-electron chi connectivity index (χ1n) is 13.2. The van der Waals surface area contributed by atoms with Crippen molar-refractivity contribution >= 4 is 23.6 Å². The van der Waals surface area contributed by atoms with E-state index >= 15 is 0 Å². The number of carboxylic acid groups (broad SMARTS) is 1. The molecular formula is C28H34N6O5. The molecule has 3 aromatic rings. The zero-order valence-electron chi connectivity index (χ0n) is 22.1. The van der Waals surface area contributed by atoms with E-state index in [4.69, 9.17) is 10.5 Å².